The third-order valence-corrected chi connectivity index (χ3v) is 9.72. The van der Waals surface area contributed by atoms with Crippen molar-refractivity contribution in [3.05, 3.63) is 180 Å². The van der Waals surface area contributed by atoms with Crippen LogP contribution in [0.25, 0.3) is 65.4 Å². The molecule has 0 saturated heterocycles. The lowest BCUT2D eigenvalue weighted by atomic mass is 9.92. The molecule has 1 unspecified atom stereocenters. The molecule has 0 radical (unpaired) electrons. The molecule has 49 heavy (non-hydrogen) atoms. The Kier molecular flexibility index (Phi) is 6.21. The van der Waals surface area contributed by atoms with Gasteiger partial charge in [0.2, 0.25) is 0 Å². The topological polar surface area (TPSA) is 49.9 Å². The van der Waals surface area contributed by atoms with E-state index in [1.165, 1.54) is 37.9 Å². The quantitative estimate of drug-likeness (QED) is 0.197. The average Bonchev–Trinajstić information content (AvgIpc) is 3.57. The Morgan fingerprint density at radius 1 is 0.429 bits per heavy atom. The van der Waals surface area contributed by atoms with Crippen molar-refractivity contribution < 1.29 is 4.42 Å². The van der Waals surface area contributed by atoms with Crippen molar-refractivity contribution in [2.24, 2.45) is 9.98 Å². The highest BCUT2D eigenvalue weighted by atomic mass is 16.3. The second-order valence-corrected chi connectivity index (χ2v) is 12.6. The number of rotatable bonds is 4. The van der Waals surface area contributed by atoms with E-state index in [-0.39, 0.29) is 6.17 Å². The Labute approximate surface area is 282 Å². The van der Waals surface area contributed by atoms with Crippen molar-refractivity contribution in [3.8, 4) is 11.1 Å². The lowest BCUT2D eigenvalue weighted by molar-refractivity contribution is 0.662. The summed E-state index contributed by atoms with van der Waals surface area (Å²) in [6, 6.07) is 57.5. The van der Waals surface area contributed by atoms with E-state index in [1.807, 2.05) is 48.5 Å². The van der Waals surface area contributed by atoms with E-state index in [0.29, 0.717) is 5.84 Å². The number of nitrogens with one attached hydrogen (secondary N) is 1. The standard InChI is InChI=1S/C45H29N3O/c1-3-12-28(13-4-1)43-46-44(29-14-5-2-6-15-29)48-45(47-43)37-20-11-21-41-42(37)39-27-31(23-25-40(39)49-41)30-22-24-36-34-18-8-7-16-32(34)33-17-9-10-19-35(33)38(36)26-30/h1-27,45H,(H,46,47,48). The van der Waals surface area contributed by atoms with Gasteiger partial charge in [0.1, 0.15) is 23.2 Å². The van der Waals surface area contributed by atoms with Crippen molar-refractivity contribution in [2.45, 2.75) is 6.17 Å². The van der Waals surface area contributed by atoms with Crippen molar-refractivity contribution in [1.82, 2.24) is 5.32 Å². The van der Waals surface area contributed by atoms with Crippen LogP contribution in [0, 0.1) is 0 Å². The number of aliphatic imine (C=N–C) groups is 2. The Morgan fingerprint density at radius 3 is 1.69 bits per heavy atom. The summed E-state index contributed by atoms with van der Waals surface area (Å²) in [5.74, 6) is 1.49. The fraction of sp³-hybridized carbons (Fsp3) is 0.0222. The van der Waals surface area contributed by atoms with Crippen LogP contribution in [0.4, 0.5) is 0 Å². The number of furan rings is 1. The van der Waals surface area contributed by atoms with E-state index >= 15 is 0 Å². The summed E-state index contributed by atoms with van der Waals surface area (Å²) in [4.78, 5) is 10.2. The number of nitrogens with zero attached hydrogens (tertiary/aromatic N) is 2. The molecule has 0 aliphatic carbocycles. The number of amidine groups is 2. The van der Waals surface area contributed by atoms with E-state index in [2.05, 4.69) is 121 Å². The van der Waals surface area contributed by atoms with Crippen LogP contribution in [0.15, 0.2) is 178 Å². The summed E-state index contributed by atoms with van der Waals surface area (Å²) in [6.45, 7) is 0. The fourth-order valence-corrected chi connectivity index (χ4v) is 7.42. The summed E-state index contributed by atoms with van der Waals surface area (Å²) in [6.07, 6.45) is -0.364. The lowest BCUT2D eigenvalue weighted by Gasteiger charge is -2.24. The summed E-state index contributed by atoms with van der Waals surface area (Å²) >= 11 is 0. The molecule has 230 valence electrons. The second kappa shape index (κ2) is 11.0. The minimum Gasteiger partial charge on any atom is -0.456 e. The third-order valence-electron chi connectivity index (χ3n) is 9.72. The first-order valence-corrected chi connectivity index (χ1v) is 16.6. The van der Waals surface area contributed by atoms with Crippen LogP contribution in [0.5, 0.6) is 0 Å². The zero-order valence-electron chi connectivity index (χ0n) is 26.5. The zero-order valence-corrected chi connectivity index (χ0v) is 26.5. The molecule has 10 rings (SSSR count). The Morgan fingerprint density at radius 2 is 1.00 bits per heavy atom. The monoisotopic (exact) mass is 627 g/mol. The van der Waals surface area contributed by atoms with Gasteiger partial charge in [0.25, 0.3) is 0 Å². The second-order valence-electron chi connectivity index (χ2n) is 12.6. The molecule has 1 atom stereocenters. The van der Waals surface area contributed by atoms with Crippen LogP contribution in [-0.4, -0.2) is 11.7 Å². The smallest absolute Gasteiger partial charge is 0.159 e. The molecular formula is C45H29N3O. The zero-order chi connectivity index (χ0) is 32.3. The van der Waals surface area contributed by atoms with Gasteiger partial charge in [-0.05, 0) is 67.7 Å². The Bertz CT molecular complexity index is 2760. The van der Waals surface area contributed by atoms with Gasteiger partial charge in [-0.15, -0.1) is 0 Å². The molecule has 1 aromatic heterocycles. The van der Waals surface area contributed by atoms with Gasteiger partial charge in [0.15, 0.2) is 5.84 Å². The van der Waals surface area contributed by atoms with Crippen LogP contribution in [0.3, 0.4) is 0 Å². The van der Waals surface area contributed by atoms with Crippen LogP contribution < -0.4 is 5.32 Å². The predicted octanol–water partition coefficient (Wildman–Crippen LogP) is 11.2. The Balaban J connectivity index is 1.14. The highest BCUT2D eigenvalue weighted by molar-refractivity contribution is 6.26. The van der Waals surface area contributed by atoms with Gasteiger partial charge >= 0.3 is 0 Å². The molecule has 2 heterocycles. The van der Waals surface area contributed by atoms with E-state index in [9.17, 15) is 0 Å². The maximum atomic E-state index is 6.47. The van der Waals surface area contributed by atoms with E-state index in [1.54, 1.807) is 0 Å². The van der Waals surface area contributed by atoms with Crippen LogP contribution >= 0.6 is 0 Å². The molecule has 4 nitrogen and oxygen atoms in total. The number of hydrogen-bond acceptors (Lipinski definition) is 4. The molecular weight excluding hydrogens is 599 g/mol. The number of fused-ring (bicyclic) bond motifs is 9. The highest BCUT2D eigenvalue weighted by Crippen LogP contribution is 2.40. The van der Waals surface area contributed by atoms with Gasteiger partial charge in [-0.25, -0.2) is 9.98 Å². The van der Waals surface area contributed by atoms with Gasteiger partial charge in [-0.1, -0.05) is 140 Å². The predicted molar refractivity (Wildman–Crippen MR) is 204 cm³/mol. The highest BCUT2D eigenvalue weighted by Gasteiger charge is 2.24. The van der Waals surface area contributed by atoms with Crippen molar-refractivity contribution >= 4 is 65.9 Å². The first-order valence-electron chi connectivity index (χ1n) is 16.6. The molecule has 4 heteroatoms. The maximum absolute atomic E-state index is 6.47. The largest absolute Gasteiger partial charge is 0.456 e. The molecule has 9 aromatic rings. The van der Waals surface area contributed by atoms with E-state index in [0.717, 1.165) is 50.0 Å². The number of hydrogen-bond donors (Lipinski definition) is 1. The van der Waals surface area contributed by atoms with Gasteiger partial charge in [0, 0.05) is 27.5 Å². The van der Waals surface area contributed by atoms with Crippen LogP contribution in [0.2, 0.25) is 0 Å². The SMILES string of the molecule is c1ccc(C2=NC(c3cccc4oc5ccc(-c6ccc7c8ccccc8c8ccccc8c7c6)cc5c34)NC(c3ccccc3)=N2)cc1. The van der Waals surface area contributed by atoms with Gasteiger partial charge in [-0.3, -0.25) is 0 Å². The molecule has 1 aliphatic heterocycles. The van der Waals surface area contributed by atoms with Gasteiger partial charge in [0.05, 0.1) is 0 Å². The van der Waals surface area contributed by atoms with Gasteiger partial charge < -0.3 is 9.73 Å². The van der Waals surface area contributed by atoms with Gasteiger partial charge in [-0.2, -0.15) is 0 Å². The summed E-state index contributed by atoms with van der Waals surface area (Å²) in [5, 5.41) is 13.4. The lowest BCUT2D eigenvalue weighted by Crippen LogP contribution is -2.33. The van der Waals surface area contributed by atoms with Crippen LogP contribution in [0.1, 0.15) is 22.9 Å². The third kappa shape index (κ3) is 4.53. The minimum absolute atomic E-state index is 0.364. The maximum Gasteiger partial charge on any atom is 0.159 e. The summed E-state index contributed by atoms with van der Waals surface area (Å²) in [7, 11) is 0. The summed E-state index contributed by atoms with van der Waals surface area (Å²) in [5.41, 5.74) is 7.03. The first-order chi connectivity index (χ1) is 24.3. The molecule has 8 aromatic carbocycles. The first kappa shape index (κ1) is 27.6. The molecule has 0 fully saturated rings. The normalized spacial score (nSPS) is 14.7. The molecule has 0 saturated carbocycles. The Hall–Kier alpha value is -6.52. The number of benzene rings is 8. The average molecular weight is 628 g/mol. The molecule has 1 aliphatic rings. The molecule has 1 N–H and O–H groups in total. The van der Waals surface area contributed by atoms with Crippen molar-refractivity contribution in [1.29, 1.82) is 0 Å². The minimum atomic E-state index is -0.364. The van der Waals surface area contributed by atoms with E-state index < -0.39 is 0 Å². The molecule has 0 bridgehead atoms. The van der Waals surface area contributed by atoms with E-state index in [4.69, 9.17) is 14.4 Å². The van der Waals surface area contributed by atoms with Crippen LogP contribution in [-0.2, 0) is 0 Å². The molecule has 0 spiro atoms. The van der Waals surface area contributed by atoms with Crippen molar-refractivity contribution in [2.75, 3.05) is 0 Å². The molecule has 0 amide bonds. The fourth-order valence-electron chi connectivity index (χ4n) is 7.42. The summed E-state index contributed by atoms with van der Waals surface area (Å²) < 4.78 is 6.47. The van der Waals surface area contributed by atoms with Crippen molar-refractivity contribution in [3.63, 3.8) is 0 Å².